The number of rotatable bonds is 3. The lowest BCUT2D eigenvalue weighted by Gasteiger charge is -2.03. The van der Waals surface area contributed by atoms with Crippen LogP contribution in [0.25, 0.3) is 11.0 Å². The number of aromatic amines is 1. The predicted molar refractivity (Wildman–Crippen MR) is 77.5 cm³/mol. The van der Waals surface area contributed by atoms with E-state index in [4.69, 9.17) is 0 Å². The SMILES string of the molecule is Fc1ccccc1CNc1nc2ccc(Br)cc2[nH]1. The molecule has 0 fully saturated rings. The first kappa shape index (κ1) is 12.2. The quantitative estimate of drug-likeness (QED) is 0.763. The van der Waals surface area contributed by atoms with Crippen molar-refractivity contribution in [2.75, 3.05) is 5.32 Å². The van der Waals surface area contributed by atoms with Crippen LogP contribution >= 0.6 is 15.9 Å². The number of hydrogen-bond donors (Lipinski definition) is 2. The van der Waals surface area contributed by atoms with Gasteiger partial charge in [-0.1, -0.05) is 34.1 Å². The average Bonchev–Trinajstić information content (AvgIpc) is 2.79. The summed E-state index contributed by atoms with van der Waals surface area (Å²) in [7, 11) is 0. The van der Waals surface area contributed by atoms with Crippen molar-refractivity contribution in [1.29, 1.82) is 0 Å². The molecule has 5 heteroatoms. The van der Waals surface area contributed by atoms with Gasteiger partial charge in [0.15, 0.2) is 0 Å². The molecule has 0 aliphatic rings. The summed E-state index contributed by atoms with van der Waals surface area (Å²) < 4.78 is 14.5. The third-order valence-electron chi connectivity index (χ3n) is 2.85. The van der Waals surface area contributed by atoms with Gasteiger partial charge in [0.25, 0.3) is 0 Å². The summed E-state index contributed by atoms with van der Waals surface area (Å²) in [5.74, 6) is 0.421. The minimum Gasteiger partial charge on any atom is -0.352 e. The Morgan fingerprint density at radius 3 is 2.89 bits per heavy atom. The Kier molecular flexibility index (Phi) is 3.21. The Labute approximate surface area is 118 Å². The molecule has 1 aromatic heterocycles. The van der Waals surface area contributed by atoms with Crippen LogP contribution in [0.2, 0.25) is 0 Å². The maximum absolute atomic E-state index is 13.5. The number of hydrogen-bond acceptors (Lipinski definition) is 2. The van der Waals surface area contributed by atoms with Gasteiger partial charge in [-0.25, -0.2) is 9.37 Å². The molecule has 19 heavy (non-hydrogen) atoms. The van der Waals surface area contributed by atoms with Crippen LogP contribution in [0.15, 0.2) is 46.9 Å². The molecule has 0 bridgehead atoms. The van der Waals surface area contributed by atoms with Gasteiger partial charge in [0.1, 0.15) is 5.82 Å². The van der Waals surface area contributed by atoms with Crippen LogP contribution < -0.4 is 5.32 Å². The van der Waals surface area contributed by atoms with Gasteiger partial charge in [-0.05, 0) is 24.3 Å². The van der Waals surface area contributed by atoms with Gasteiger partial charge in [0.2, 0.25) is 5.95 Å². The molecule has 3 rings (SSSR count). The maximum atomic E-state index is 13.5. The van der Waals surface area contributed by atoms with Gasteiger partial charge >= 0.3 is 0 Å². The van der Waals surface area contributed by atoms with Crippen molar-refractivity contribution < 1.29 is 4.39 Å². The zero-order valence-corrected chi connectivity index (χ0v) is 11.5. The summed E-state index contributed by atoms with van der Waals surface area (Å²) in [5.41, 5.74) is 2.42. The topological polar surface area (TPSA) is 40.7 Å². The molecule has 2 aromatic carbocycles. The lowest BCUT2D eigenvalue weighted by molar-refractivity contribution is 0.613. The molecule has 0 unspecified atom stereocenters. The Morgan fingerprint density at radius 2 is 2.05 bits per heavy atom. The summed E-state index contributed by atoms with van der Waals surface area (Å²) in [6.45, 7) is 0.396. The van der Waals surface area contributed by atoms with Crippen LogP contribution in [0.4, 0.5) is 10.3 Å². The van der Waals surface area contributed by atoms with E-state index in [1.807, 2.05) is 24.3 Å². The molecule has 0 saturated heterocycles. The number of aromatic nitrogens is 2. The van der Waals surface area contributed by atoms with E-state index in [0.717, 1.165) is 15.5 Å². The maximum Gasteiger partial charge on any atom is 0.201 e. The van der Waals surface area contributed by atoms with E-state index < -0.39 is 0 Å². The zero-order valence-electron chi connectivity index (χ0n) is 9.95. The summed E-state index contributed by atoms with van der Waals surface area (Å²) in [4.78, 5) is 7.54. The Balaban J connectivity index is 1.80. The molecule has 1 heterocycles. The summed E-state index contributed by atoms with van der Waals surface area (Å²) in [6, 6.07) is 12.5. The largest absolute Gasteiger partial charge is 0.352 e. The lowest BCUT2D eigenvalue weighted by atomic mass is 10.2. The molecule has 3 nitrogen and oxygen atoms in total. The Hall–Kier alpha value is -1.88. The fourth-order valence-electron chi connectivity index (χ4n) is 1.89. The highest BCUT2D eigenvalue weighted by Crippen LogP contribution is 2.19. The highest BCUT2D eigenvalue weighted by atomic mass is 79.9. The first-order valence-corrected chi connectivity index (χ1v) is 6.64. The van der Waals surface area contributed by atoms with Crippen molar-refractivity contribution >= 4 is 32.9 Å². The number of nitrogens with zero attached hydrogens (tertiary/aromatic N) is 1. The molecule has 0 radical (unpaired) electrons. The molecule has 3 aromatic rings. The number of halogens is 2. The predicted octanol–water partition coefficient (Wildman–Crippen LogP) is 4.08. The van der Waals surface area contributed by atoms with Crippen molar-refractivity contribution in [3.05, 3.63) is 58.3 Å². The number of anilines is 1. The van der Waals surface area contributed by atoms with E-state index in [2.05, 4.69) is 31.2 Å². The van der Waals surface area contributed by atoms with Crippen LogP contribution in [-0.4, -0.2) is 9.97 Å². The minimum absolute atomic E-state index is 0.214. The van der Waals surface area contributed by atoms with Crippen LogP contribution in [0.3, 0.4) is 0 Å². The number of H-pyrrole nitrogens is 1. The third-order valence-corrected chi connectivity index (χ3v) is 3.34. The minimum atomic E-state index is -0.214. The second-order valence-electron chi connectivity index (χ2n) is 4.19. The first-order chi connectivity index (χ1) is 9.22. The normalized spacial score (nSPS) is 10.8. The second kappa shape index (κ2) is 5.01. The fraction of sp³-hybridized carbons (Fsp3) is 0.0714. The molecule has 0 saturated carbocycles. The van der Waals surface area contributed by atoms with E-state index >= 15 is 0 Å². The number of imidazole rings is 1. The molecule has 0 aliphatic heterocycles. The van der Waals surface area contributed by atoms with Gasteiger partial charge in [-0.2, -0.15) is 0 Å². The van der Waals surface area contributed by atoms with Crippen molar-refractivity contribution in [1.82, 2.24) is 9.97 Å². The highest BCUT2D eigenvalue weighted by molar-refractivity contribution is 9.10. The molecule has 96 valence electrons. The van der Waals surface area contributed by atoms with E-state index in [1.165, 1.54) is 6.07 Å². The first-order valence-electron chi connectivity index (χ1n) is 5.85. The summed E-state index contributed by atoms with van der Waals surface area (Å²) >= 11 is 3.41. The number of nitrogens with one attached hydrogen (secondary N) is 2. The van der Waals surface area contributed by atoms with Crippen LogP contribution in [0.5, 0.6) is 0 Å². The highest BCUT2D eigenvalue weighted by Gasteiger charge is 2.04. The second-order valence-corrected chi connectivity index (χ2v) is 5.11. The molecule has 0 atom stereocenters. The van der Waals surface area contributed by atoms with E-state index in [1.54, 1.807) is 12.1 Å². The Bertz CT molecular complexity index is 724. The van der Waals surface area contributed by atoms with Crippen LogP contribution in [-0.2, 0) is 6.54 Å². The standard InChI is InChI=1S/C14H11BrFN3/c15-10-5-6-12-13(7-10)19-14(18-12)17-8-9-3-1-2-4-11(9)16/h1-7H,8H2,(H2,17,18,19). The Morgan fingerprint density at radius 1 is 1.21 bits per heavy atom. The molecular formula is C14H11BrFN3. The third kappa shape index (κ3) is 2.61. The van der Waals surface area contributed by atoms with Gasteiger partial charge in [0.05, 0.1) is 11.0 Å². The lowest BCUT2D eigenvalue weighted by Crippen LogP contribution is -2.02. The molecule has 0 aliphatic carbocycles. The monoisotopic (exact) mass is 319 g/mol. The summed E-state index contributed by atoms with van der Waals surface area (Å²) in [6.07, 6.45) is 0. The smallest absolute Gasteiger partial charge is 0.201 e. The fourth-order valence-corrected chi connectivity index (χ4v) is 2.25. The van der Waals surface area contributed by atoms with Crippen LogP contribution in [0, 0.1) is 5.82 Å². The number of benzene rings is 2. The van der Waals surface area contributed by atoms with Crippen molar-refractivity contribution in [2.24, 2.45) is 0 Å². The van der Waals surface area contributed by atoms with Crippen molar-refractivity contribution in [3.63, 3.8) is 0 Å². The van der Waals surface area contributed by atoms with E-state index in [0.29, 0.717) is 18.1 Å². The zero-order chi connectivity index (χ0) is 13.2. The molecular weight excluding hydrogens is 309 g/mol. The van der Waals surface area contributed by atoms with Crippen molar-refractivity contribution in [2.45, 2.75) is 6.54 Å². The van der Waals surface area contributed by atoms with Gasteiger partial charge in [0, 0.05) is 16.6 Å². The molecule has 0 amide bonds. The summed E-state index contributed by atoms with van der Waals surface area (Å²) in [5, 5.41) is 3.09. The molecule has 0 spiro atoms. The van der Waals surface area contributed by atoms with Gasteiger partial charge in [-0.15, -0.1) is 0 Å². The van der Waals surface area contributed by atoms with Gasteiger partial charge in [-0.3, -0.25) is 0 Å². The van der Waals surface area contributed by atoms with E-state index in [-0.39, 0.29) is 5.82 Å². The number of fused-ring (bicyclic) bond motifs is 1. The van der Waals surface area contributed by atoms with Crippen molar-refractivity contribution in [3.8, 4) is 0 Å². The van der Waals surface area contributed by atoms with Crippen LogP contribution in [0.1, 0.15) is 5.56 Å². The van der Waals surface area contributed by atoms with E-state index in [9.17, 15) is 4.39 Å². The van der Waals surface area contributed by atoms with Gasteiger partial charge < -0.3 is 10.3 Å². The molecule has 2 N–H and O–H groups in total. The average molecular weight is 320 g/mol.